The monoisotopic (exact) mass is 342 g/mol. The van der Waals surface area contributed by atoms with Gasteiger partial charge in [0, 0.05) is 12.4 Å². The number of amides is 1. The number of hydrogen-bond acceptors (Lipinski definition) is 5. The molecule has 0 aliphatic heterocycles. The zero-order valence-electron chi connectivity index (χ0n) is 13.4. The summed E-state index contributed by atoms with van der Waals surface area (Å²) in [5.41, 5.74) is 1.73. The molecule has 1 unspecified atom stereocenters. The summed E-state index contributed by atoms with van der Waals surface area (Å²) < 4.78 is 1.69. The van der Waals surface area contributed by atoms with Gasteiger partial charge in [0.1, 0.15) is 5.60 Å². The van der Waals surface area contributed by atoms with E-state index in [9.17, 15) is 9.90 Å². The van der Waals surface area contributed by atoms with Crippen molar-refractivity contribution < 1.29 is 9.90 Å². The molecule has 1 amide bonds. The van der Waals surface area contributed by atoms with Crippen LogP contribution in [0.2, 0.25) is 0 Å². The first kappa shape index (κ1) is 16.4. The second-order valence-electron chi connectivity index (χ2n) is 5.73. The minimum Gasteiger partial charge on any atom is -0.384 e. The van der Waals surface area contributed by atoms with E-state index in [1.54, 1.807) is 24.0 Å². The fourth-order valence-electron chi connectivity index (χ4n) is 2.40. The number of thiophene rings is 1. The summed E-state index contributed by atoms with van der Waals surface area (Å²) >= 11 is 1.51. The number of aliphatic hydroxyl groups is 1. The van der Waals surface area contributed by atoms with Gasteiger partial charge in [-0.05, 0) is 48.4 Å². The zero-order chi connectivity index (χ0) is 17.2. The highest BCUT2D eigenvalue weighted by atomic mass is 32.1. The molecule has 3 aromatic heterocycles. The lowest BCUT2D eigenvalue weighted by Gasteiger charge is -2.22. The standard InChI is InChI=1S/C17H18N4O2S/c1-12-15(9-20-21(12)14-3-6-18-7-4-14)16(22)19-11-17(2,23)13-5-8-24-10-13/h3-10,23H,11H2,1-2H3,(H,19,22). The van der Waals surface area contributed by atoms with Crippen molar-refractivity contribution >= 4 is 17.2 Å². The van der Waals surface area contributed by atoms with E-state index in [-0.39, 0.29) is 12.5 Å². The molecule has 0 aliphatic carbocycles. The Morgan fingerprint density at radius 3 is 2.79 bits per heavy atom. The van der Waals surface area contributed by atoms with E-state index in [1.165, 1.54) is 17.5 Å². The number of carbonyl (C=O) groups is 1. The van der Waals surface area contributed by atoms with Crippen LogP contribution in [0.25, 0.3) is 5.69 Å². The quantitative estimate of drug-likeness (QED) is 0.745. The van der Waals surface area contributed by atoms with Gasteiger partial charge in [-0.1, -0.05) is 0 Å². The maximum Gasteiger partial charge on any atom is 0.254 e. The Hall–Kier alpha value is -2.51. The van der Waals surface area contributed by atoms with E-state index in [0.717, 1.165) is 16.9 Å². The van der Waals surface area contributed by atoms with Crippen molar-refractivity contribution in [3.8, 4) is 5.69 Å². The number of nitrogens with one attached hydrogen (secondary N) is 1. The number of carbonyl (C=O) groups excluding carboxylic acids is 1. The van der Waals surface area contributed by atoms with Crippen LogP contribution in [0.15, 0.2) is 47.5 Å². The van der Waals surface area contributed by atoms with Gasteiger partial charge in [0.05, 0.1) is 29.7 Å². The van der Waals surface area contributed by atoms with Gasteiger partial charge in [0.25, 0.3) is 5.91 Å². The Labute approximate surface area is 143 Å². The van der Waals surface area contributed by atoms with Crippen molar-refractivity contribution in [2.24, 2.45) is 0 Å². The zero-order valence-corrected chi connectivity index (χ0v) is 14.2. The largest absolute Gasteiger partial charge is 0.384 e. The average Bonchev–Trinajstić information content (AvgIpc) is 3.24. The number of hydrogen-bond donors (Lipinski definition) is 2. The lowest BCUT2D eigenvalue weighted by Crippen LogP contribution is -2.38. The van der Waals surface area contributed by atoms with Crippen molar-refractivity contribution in [3.05, 3.63) is 64.4 Å². The maximum absolute atomic E-state index is 12.4. The first-order valence-corrected chi connectivity index (χ1v) is 8.41. The van der Waals surface area contributed by atoms with Crippen LogP contribution in [-0.4, -0.2) is 32.3 Å². The second-order valence-corrected chi connectivity index (χ2v) is 6.51. The molecule has 1 atom stereocenters. The smallest absolute Gasteiger partial charge is 0.254 e. The van der Waals surface area contributed by atoms with Gasteiger partial charge < -0.3 is 10.4 Å². The van der Waals surface area contributed by atoms with E-state index in [1.807, 2.05) is 35.9 Å². The third-order valence-corrected chi connectivity index (χ3v) is 4.58. The van der Waals surface area contributed by atoms with Crippen molar-refractivity contribution in [2.75, 3.05) is 6.54 Å². The Balaban J connectivity index is 1.74. The van der Waals surface area contributed by atoms with Gasteiger partial charge in [0.15, 0.2) is 0 Å². The fraction of sp³-hybridized carbons (Fsp3) is 0.235. The molecule has 7 heteroatoms. The minimum atomic E-state index is -1.11. The molecule has 2 N–H and O–H groups in total. The van der Waals surface area contributed by atoms with Crippen molar-refractivity contribution in [3.63, 3.8) is 0 Å². The highest BCUT2D eigenvalue weighted by Gasteiger charge is 2.25. The molecule has 6 nitrogen and oxygen atoms in total. The van der Waals surface area contributed by atoms with Gasteiger partial charge >= 0.3 is 0 Å². The first-order valence-electron chi connectivity index (χ1n) is 7.47. The van der Waals surface area contributed by atoms with E-state index in [4.69, 9.17) is 0 Å². The maximum atomic E-state index is 12.4. The molecule has 0 aromatic carbocycles. The van der Waals surface area contributed by atoms with E-state index >= 15 is 0 Å². The molecule has 24 heavy (non-hydrogen) atoms. The summed E-state index contributed by atoms with van der Waals surface area (Å²) in [4.78, 5) is 16.4. The summed E-state index contributed by atoms with van der Waals surface area (Å²) in [6.45, 7) is 3.64. The summed E-state index contributed by atoms with van der Waals surface area (Å²) in [5, 5.41) is 21.3. The Morgan fingerprint density at radius 2 is 2.12 bits per heavy atom. The lowest BCUT2D eigenvalue weighted by atomic mass is 9.99. The molecule has 3 aromatic rings. The van der Waals surface area contributed by atoms with Gasteiger partial charge in [-0.2, -0.15) is 16.4 Å². The molecular weight excluding hydrogens is 324 g/mol. The lowest BCUT2D eigenvalue weighted by molar-refractivity contribution is 0.0530. The minimum absolute atomic E-state index is 0.127. The molecule has 124 valence electrons. The highest BCUT2D eigenvalue weighted by molar-refractivity contribution is 7.08. The summed E-state index contributed by atoms with van der Waals surface area (Å²) in [6.07, 6.45) is 4.88. The molecule has 3 rings (SSSR count). The topological polar surface area (TPSA) is 80.0 Å². The van der Waals surface area contributed by atoms with Crippen LogP contribution < -0.4 is 5.32 Å². The van der Waals surface area contributed by atoms with E-state index in [0.29, 0.717) is 5.56 Å². The Bertz CT molecular complexity index is 826. The Kier molecular flexibility index (Phi) is 4.46. The Morgan fingerprint density at radius 1 is 1.38 bits per heavy atom. The summed E-state index contributed by atoms with van der Waals surface area (Å²) in [6, 6.07) is 5.50. The van der Waals surface area contributed by atoms with Crippen LogP contribution in [0.5, 0.6) is 0 Å². The van der Waals surface area contributed by atoms with Crippen LogP contribution in [0.3, 0.4) is 0 Å². The van der Waals surface area contributed by atoms with Crippen molar-refractivity contribution in [2.45, 2.75) is 19.4 Å². The van der Waals surface area contributed by atoms with Crippen molar-refractivity contribution in [1.82, 2.24) is 20.1 Å². The molecule has 0 bridgehead atoms. The predicted octanol–water partition coefficient (Wildman–Crippen LogP) is 2.27. The second kappa shape index (κ2) is 6.54. The number of aromatic nitrogens is 3. The van der Waals surface area contributed by atoms with Crippen LogP contribution >= 0.6 is 11.3 Å². The molecule has 0 fully saturated rings. The van der Waals surface area contributed by atoms with Gasteiger partial charge in [-0.25, -0.2) is 4.68 Å². The van der Waals surface area contributed by atoms with Gasteiger partial charge in [-0.15, -0.1) is 0 Å². The molecule has 0 spiro atoms. The molecule has 0 aliphatic rings. The molecule has 0 radical (unpaired) electrons. The predicted molar refractivity (Wildman–Crippen MR) is 92.3 cm³/mol. The molecular formula is C17H18N4O2S. The van der Waals surface area contributed by atoms with Crippen LogP contribution in [0.4, 0.5) is 0 Å². The fourth-order valence-corrected chi connectivity index (χ4v) is 3.18. The summed E-state index contributed by atoms with van der Waals surface area (Å²) in [5.74, 6) is -0.261. The van der Waals surface area contributed by atoms with Crippen LogP contribution in [-0.2, 0) is 5.60 Å². The molecule has 3 heterocycles. The number of rotatable bonds is 5. The SMILES string of the molecule is Cc1c(C(=O)NCC(C)(O)c2ccsc2)cnn1-c1ccncc1. The third-order valence-electron chi connectivity index (χ3n) is 3.90. The van der Waals surface area contributed by atoms with Crippen LogP contribution in [0.1, 0.15) is 28.5 Å². The molecule has 0 saturated carbocycles. The number of nitrogens with zero attached hydrogens (tertiary/aromatic N) is 3. The average molecular weight is 342 g/mol. The highest BCUT2D eigenvalue weighted by Crippen LogP contribution is 2.22. The molecule has 0 saturated heterocycles. The van der Waals surface area contributed by atoms with Crippen LogP contribution in [0, 0.1) is 6.92 Å². The van der Waals surface area contributed by atoms with E-state index < -0.39 is 5.60 Å². The normalized spacial score (nSPS) is 13.5. The summed E-state index contributed by atoms with van der Waals surface area (Å²) in [7, 11) is 0. The van der Waals surface area contributed by atoms with Crippen molar-refractivity contribution in [1.29, 1.82) is 0 Å². The van der Waals surface area contributed by atoms with E-state index in [2.05, 4.69) is 15.4 Å². The third kappa shape index (κ3) is 3.22. The number of pyridine rings is 1. The van der Waals surface area contributed by atoms with Gasteiger partial charge in [0.2, 0.25) is 0 Å². The first-order chi connectivity index (χ1) is 11.5. The van der Waals surface area contributed by atoms with Gasteiger partial charge in [-0.3, -0.25) is 9.78 Å².